The van der Waals surface area contributed by atoms with Gasteiger partial charge in [0.15, 0.2) is 5.82 Å². The van der Waals surface area contributed by atoms with E-state index < -0.39 is 0 Å². The van der Waals surface area contributed by atoms with Crippen LogP contribution in [0, 0.1) is 0 Å². The molecule has 1 aromatic heterocycles. The predicted molar refractivity (Wildman–Crippen MR) is 65.0 cm³/mol. The second kappa shape index (κ2) is 4.29. The molecule has 4 aliphatic heterocycles. The monoisotopic (exact) mass is 249 g/mol. The number of fused-ring (bicyclic) bond motifs is 3. The summed E-state index contributed by atoms with van der Waals surface area (Å²) in [6, 6.07) is 0.619. The van der Waals surface area contributed by atoms with Gasteiger partial charge in [-0.1, -0.05) is 5.16 Å². The molecule has 0 saturated carbocycles. The smallest absolute Gasteiger partial charge is 0.243 e. The van der Waals surface area contributed by atoms with Gasteiger partial charge in [-0.05, 0) is 19.4 Å². The quantitative estimate of drug-likeness (QED) is 0.806. The molecule has 18 heavy (non-hydrogen) atoms. The van der Waals surface area contributed by atoms with Crippen molar-refractivity contribution in [3.05, 3.63) is 11.7 Å². The van der Waals surface area contributed by atoms with Crippen molar-refractivity contribution in [3.8, 4) is 0 Å². The largest absolute Gasteiger partial charge is 0.338 e. The molecule has 6 heteroatoms. The Bertz CT molecular complexity index is 420. The van der Waals surface area contributed by atoms with Crippen molar-refractivity contribution < 1.29 is 4.52 Å². The van der Waals surface area contributed by atoms with Crippen molar-refractivity contribution in [1.82, 2.24) is 25.3 Å². The fourth-order valence-corrected chi connectivity index (χ4v) is 3.28. The van der Waals surface area contributed by atoms with Gasteiger partial charge in [0.2, 0.25) is 5.89 Å². The van der Waals surface area contributed by atoms with Crippen LogP contribution >= 0.6 is 0 Å². The Labute approximate surface area is 106 Å². The highest BCUT2D eigenvalue weighted by Crippen LogP contribution is 2.28. The van der Waals surface area contributed by atoms with Crippen molar-refractivity contribution in [1.29, 1.82) is 0 Å². The molecule has 6 nitrogen and oxygen atoms in total. The molecule has 4 saturated heterocycles. The van der Waals surface area contributed by atoms with E-state index >= 15 is 0 Å². The van der Waals surface area contributed by atoms with Gasteiger partial charge in [0.25, 0.3) is 0 Å². The molecule has 1 unspecified atom stereocenters. The Hall–Kier alpha value is -0.980. The third-order valence-electron chi connectivity index (χ3n) is 4.39. The summed E-state index contributed by atoms with van der Waals surface area (Å²) >= 11 is 0. The van der Waals surface area contributed by atoms with Crippen LogP contribution in [0.25, 0.3) is 0 Å². The van der Waals surface area contributed by atoms with Crippen LogP contribution in [0.3, 0.4) is 0 Å². The van der Waals surface area contributed by atoms with Crippen LogP contribution in [0.2, 0.25) is 0 Å². The summed E-state index contributed by atoms with van der Waals surface area (Å²) in [5.74, 6) is 1.66. The average Bonchev–Trinajstić information content (AvgIpc) is 3.11. The number of rotatable bonds is 2. The molecule has 4 fully saturated rings. The predicted octanol–water partition coefficient (Wildman–Crippen LogP) is 0.166. The van der Waals surface area contributed by atoms with Gasteiger partial charge >= 0.3 is 0 Å². The molecule has 0 radical (unpaired) electrons. The van der Waals surface area contributed by atoms with Crippen molar-refractivity contribution in [2.24, 2.45) is 0 Å². The highest BCUT2D eigenvalue weighted by Gasteiger charge is 2.36. The van der Waals surface area contributed by atoms with Gasteiger partial charge in [-0.3, -0.25) is 9.80 Å². The first-order valence-corrected chi connectivity index (χ1v) is 6.93. The summed E-state index contributed by atoms with van der Waals surface area (Å²) < 4.78 is 5.44. The summed E-state index contributed by atoms with van der Waals surface area (Å²) in [5, 5.41) is 7.61. The maximum Gasteiger partial charge on any atom is 0.243 e. The minimum atomic E-state index is 0.280. The zero-order chi connectivity index (χ0) is 11.9. The van der Waals surface area contributed by atoms with Crippen molar-refractivity contribution >= 4 is 0 Å². The lowest BCUT2D eigenvalue weighted by Gasteiger charge is -2.46. The molecule has 1 N–H and O–H groups in total. The van der Waals surface area contributed by atoms with E-state index in [0.29, 0.717) is 6.04 Å². The van der Waals surface area contributed by atoms with Crippen molar-refractivity contribution in [3.63, 3.8) is 0 Å². The van der Waals surface area contributed by atoms with Crippen LogP contribution in [-0.4, -0.2) is 59.2 Å². The average molecular weight is 249 g/mol. The van der Waals surface area contributed by atoms with E-state index in [0.717, 1.165) is 44.3 Å². The summed E-state index contributed by atoms with van der Waals surface area (Å²) in [7, 11) is 0. The van der Waals surface area contributed by atoms with Gasteiger partial charge in [0.05, 0.1) is 12.1 Å². The van der Waals surface area contributed by atoms with Gasteiger partial charge < -0.3 is 9.84 Å². The number of nitrogens with zero attached hydrogens (tertiary/aromatic N) is 4. The normalized spacial score (nSPS) is 39.3. The Kier molecular flexibility index (Phi) is 2.60. The standard InChI is InChI=1S/C12H19N5O/c1-2-9(13-3-1)12-14-11(15-18-12)10-8-16-4-6-17(10)7-5-16/h9-10,13H,1-8H2/t9-,10?/m0/s1. The number of aromatic nitrogens is 2. The van der Waals surface area contributed by atoms with E-state index in [1.807, 2.05) is 0 Å². The van der Waals surface area contributed by atoms with Gasteiger partial charge in [-0.2, -0.15) is 4.98 Å². The fourth-order valence-electron chi connectivity index (χ4n) is 3.28. The van der Waals surface area contributed by atoms with Crippen molar-refractivity contribution in [2.45, 2.75) is 24.9 Å². The summed E-state index contributed by atoms with van der Waals surface area (Å²) in [5.41, 5.74) is 0. The van der Waals surface area contributed by atoms with E-state index in [4.69, 9.17) is 4.52 Å². The van der Waals surface area contributed by atoms with E-state index in [-0.39, 0.29) is 6.04 Å². The maximum absolute atomic E-state index is 5.44. The maximum atomic E-state index is 5.44. The lowest BCUT2D eigenvalue weighted by atomic mass is 10.1. The molecular formula is C12H19N5O. The minimum Gasteiger partial charge on any atom is -0.338 e. The van der Waals surface area contributed by atoms with Crippen molar-refractivity contribution in [2.75, 3.05) is 39.3 Å². The van der Waals surface area contributed by atoms with Gasteiger partial charge in [-0.25, -0.2) is 0 Å². The van der Waals surface area contributed by atoms with E-state index in [9.17, 15) is 0 Å². The van der Waals surface area contributed by atoms with Crippen LogP contribution in [0.5, 0.6) is 0 Å². The molecule has 1 aromatic rings. The first-order valence-electron chi connectivity index (χ1n) is 6.93. The second-order valence-electron chi connectivity index (χ2n) is 5.49. The Morgan fingerprint density at radius 2 is 2.11 bits per heavy atom. The van der Waals surface area contributed by atoms with Gasteiger partial charge in [0, 0.05) is 32.7 Å². The van der Waals surface area contributed by atoms with Gasteiger partial charge in [-0.15, -0.1) is 0 Å². The molecule has 2 atom stereocenters. The molecule has 0 amide bonds. The number of hydrogen-bond donors (Lipinski definition) is 1. The Morgan fingerprint density at radius 3 is 2.78 bits per heavy atom. The number of hydrogen-bond acceptors (Lipinski definition) is 6. The highest BCUT2D eigenvalue weighted by molar-refractivity contribution is 5.03. The molecule has 5 rings (SSSR count). The fraction of sp³-hybridized carbons (Fsp3) is 0.833. The van der Waals surface area contributed by atoms with Crippen LogP contribution in [0.4, 0.5) is 0 Å². The number of nitrogens with one attached hydrogen (secondary N) is 1. The zero-order valence-corrected chi connectivity index (χ0v) is 10.5. The van der Waals surface area contributed by atoms with E-state index in [2.05, 4.69) is 25.3 Å². The molecule has 5 heterocycles. The first-order chi connectivity index (χ1) is 8.90. The summed E-state index contributed by atoms with van der Waals surface area (Å²) in [6.45, 7) is 6.76. The third-order valence-corrected chi connectivity index (χ3v) is 4.39. The third kappa shape index (κ3) is 1.75. The van der Waals surface area contributed by atoms with Gasteiger partial charge in [0.1, 0.15) is 0 Å². The molecular weight excluding hydrogens is 230 g/mol. The minimum absolute atomic E-state index is 0.280. The highest BCUT2D eigenvalue weighted by atomic mass is 16.5. The zero-order valence-electron chi connectivity index (χ0n) is 10.5. The molecule has 0 aromatic carbocycles. The van der Waals surface area contributed by atoms with Crippen LogP contribution in [0.1, 0.15) is 36.6 Å². The van der Waals surface area contributed by atoms with Crippen LogP contribution < -0.4 is 5.32 Å². The molecule has 0 aliphatic carbocycles. The summed E-state index contributed by atoms with van der Waals surface area (Å²) in [6.07, 6.45) is 2.31. The summed E-state index contributed by atoms with van der Waals surface area (Å²) in [4.78, 5) is 9.60. The number of piperazine rings is 3. The topological polar surface area (TPSA) is 57.4 Å². The van der Waals surface area contributed by atoms with E-state index in [1.165, 1.54) is 19.5 Å². The molecule has 2 bridgehead atoms. The molecule has 98 valence electrons. The second-order valence-corrected chi connectivity index (χ2v) is 5.49. The Balaban J connectivity index is 1.54. The first kappa shape index (κ1) is 10.9. The van der Waals surface area contributed by atoms with E-state index in [1.54, 1.807) is 0 Å². The SMILES string of the molecule is C1CN[C@H](c2nc(C3CN4CCN3CC4)no2)C1. The lowest BCUT2D eigenvalue weighted by Crippen LogP contribution is -2.57. The lowest BCUT2D eigenvalue weighted by molar-refractivity contribution is 0.00781. The van der Waals surface area contributed by atoms with Crippen LogP contribution in [-0.2, 0) is 0 Å². The molecule has 0 spiro atoms. The molecule has 4 aliphatic rings. The Morgan fingerprint density at radius 1 is 1.22 bits per heavy atom. The van der Waals surface area contributed by atoms with Crippen LogP contribution in [0.15, 0.2) is 4.52 Å².